The molecule has 2 fully saturated rings. The van der Waals surface area contributed by atoms with E-state index in [4.69, 9.17) is 18.9 Å². The number of carbonyl (C=O) groups is 1. The van der Waals surface area contributed by atoms with Gasteiger partial charge in [-0.1, -0.05) is 12.1 Å². The first-order valence-electron chi connectivity index (χ1n) is 11.3. The summed E-state index contributed by atoms with van der Waals surface area (Å²) < 4.78 is 36.3. The molecule has 0 saturated carbocycles. The largest absolute Gasteiger partial charge is 0.497 e. The average Bonchev–Trinajstić information content (AvgIpc) is 3.32. The van der Waals surface area contributed by atoms with Crippen molar-refractivity contribution in [3.63, 3.8) is 0 Å². The summed E-state index contributed by atoms with van der Waals surface area (Å²) in [4.78, 5) is 23.5. The predicted molar refractivity (Wildman–Crippen MR) is 119 cm³/mol. The molecule has 2 aliphatic heterocycles. The summed E-state index contributed by atoms with van der Waals surface area (Å²) in [6.45, 7) is 5.45. The third-order valence-electron chi connectivity index (χ3n) is 6.28. The highest BCUT2D eigenvalue weighted by atomic mass is 19.1. The lowest BCUT2D eigenvalue weighted by atomic mass is 9.95. The molecule has 0 bridgehead atoms. The molecule has 8 nitrogen and oxygen atoms in total. The molecule has 9 heteroatoms. The summed E-state index contributed by atoms with van der Waals surface area (Å²) in [6, 6.07) is 7.51. The molecule has 2 aliphatic rings. The first-order valence-corrected chi connectivity index (χ1v) is 11.3. The molecule has 1 aromatic carbocycles. The zero-order valence-electron chi connectivity index (χ0n) is 19.3. The van der Waals surface area contributed by atoms with Crippen LogP contribution in [0.15, 0.2) is 24.3 Å². The second-order valence-electron chi connectivity index (χ2n) is 8.49. The molecule has 1 aromatic heterocycles. The van der Waals surface area contributed by atoms with Crippen molar-refractivity contribution in [2.24, 2.45) is 0 Å². The molecule has 4 rings (SSSR count). The Labute approximate surface area is 193 Å². The molecule has 0 radical (unpaired) electrons. The van der Waals surface area contributed by atoms with Crippen LogP contribution in [0.1, 0.15) is 47.8 Å². The summed E-state index contributed by atoms with van der Waals surface area (Å²) in [5.41, 5.74) is 1.13. The summed E-state index contributed by atoms with van der Waals surface area (Å²) in [5, 5.41) is 0. The van der Waals surface area contributed by atoms with Gasteiger partial charge in [-0.25, -0.2) is 9.18 Å². The molecule has 2 saturated heterocycles. The Morgan fingerprint density at radius 1 is 1.24 bits per heavy atom. The van der Waals surface area contributed by atoms with Crippen LogP contribution in [-0.4, -0.2) is 66.0 Å². The summed E-state index contributed by atoms with van der Waals surface area (Å²) in [6.07, 6.45) is 1.52. The van der Waals surface area contributed by atoms with E-state index in [0.717, 1.165) is 30.7 Å². The predicted octanol–water partition coefficient (Wildman–Crippen LogP) is 3.50. The van der Waals surface area contributed by atoms with Gasteiger partial charge in [0, 0.05) is 13.0 Å². The van der Waals surface area contributed by atoms with Gasteiger partial charge in [0.25, 0.3) is 0 Å². The molecule has 0 spiro atoms. The highest BCUT2D eigenvalue weighted by Crippen LogP contribution is 2.40. The molecule has 33 heavy (non-hydrogen) atoms. The van der Waals surface area contributed by atoms with Gasteiger partial charge in [-0.05, 0) is 50.9 Å². The van der Waals surface area contributed by atoms with Crippen LogP contribution in [-0.2, 0) is 11.3 Å². The van der Waals surface area contributed by atoms with Crippen LogP contribution in [0.4, 0.5) is 4.39 Å². The van der Waals surface area contributed by atoms with Gasteiger partial charge in [-0.15, -0.1) is 0 Å². The van der Waals surface area contributed by atoms with Crippen LogP contribution in [0.5, 0.6) is 17.6 Å². The highest BCUT2D eigenvalue weighted by Gasteiger charge is 2.49. The number of ether oxygens (including phenoxy) is 4. The Hall–Kier alpha value is -2.94. The summed E-state index contributed by atoms with van der Waals surface area (Å²) >= 11 is 0. The third kappa shape index (κ3) is 5.03. The molecule has 3 heterocycles. The monoisotopic (exact) mass is 459 g/mol. The van der Waals surface area contributed by atoms with Gasteiger partial charge in [0.15, 0.2) is 0 Å². The number of carbonyl (C=O) groups excluding carboxylic acids is 1. The summed E-state index contributed by atoms with van der Waals surface area (Å²) in [7, 11) is 1.60. The van der Waals surface area contributed by atoms with Gasteiger partial charge in [-0.2, -0.15) is 9.97 Å². The molecule has 2 aromatic rings. The van der Waals surface area contributed by atoms with E-state index in [9.17, 15) is 9.18 Å². The number of hydrogen-bond donors (Lipinski definition) is 0. The Bertz CT molecular complexity index is 987. The van der Waals surface area contributed by atoms with Crippen molar-refractivity contribution in [2.75, 3.05) is 33.4 Å². The molecule has 2 atom stereocenters. The van der Waals surface area contributed by atoms with Crippen LogP contribution in [0.2, 0.25) is 0 Å². The fourth-order valence-corrected chi connectivity index (χ4v) is 4.65. The number of hydrogen-bond acceptors (Lipinski definition) is 8. The molecule has 0 aliphatic carbocycles. The minimum Gasteiger partial charge on any atom is -0.497 e. The Morgan fingerprint density at radius 3 is 2.76 bits per heavy atom. The van der Waals surface area contributed by atoms with Crippen molar-refractivity contribution in [2.45, 2.75) is 51.4 Å². The zero-order valence-corrected chi connectivity index (χ0v) is 19.3. The van der Waals surface area contributed by atoms with E-state index in [2.05, 4.69) is 14.9 Å². The van der Waals surface area contributed by atoms with Gasteiger partial charge in [0.1, 0.15) is 30.7 Å². The van der Waals surface area contributed by atoms with Crippen molar-refractivity contribution >= 4 is 5.97 Å². The van der Waals surface area contributed by atoms with E-state index < -0.39 is 12.1 Å². The van der Waals surface area contributed by atoms with Crippen LogP contribution in [0.3, 0.4) is 0 Å². The lowest BCUT2D eigenvalue weighted by Gasteiger charge is -2.30. The van der Waals surface area contributed by atoms with E-state index in [1.165, 1.54) is 0 Å². The van der Waals surface area contributed by atoms with Crippen molar-refractivity contribution in [1.29, 1.82) is 0 Å². The summed E-state index contributed by atoms with van der Waals surface area (Å²) in [5.74, 6) is 0.285. The van der Waals surface area contributed by atoms with Crippen LogP contribution in [0.25, 0.3) is 0 Å². The van der Waals surface area contributed by atoms with Crippen LogP contribution < -0.4 is 14.2 Å². The average molecular weight is 460 g/mol. The third-order valence-corrected chi connectivity index (χ3v) is 6.28. The number of halogens is 1. The maximum absolute atomic E-state index is 14.1. The lowest BCUT2D eigenvalue weighted by Crippen LogP contribution is -2.43. The normalized spacial score (nSPS) is 22.1. The molecular formula is C24H30FN3O5. The second-order valence-corrected chi connectivity index (χ2v) is 8.49. The molecule has 0 N–H and O–H groups in total. The van der Waals surface area contributed by atoms with Crippen molar-refractivity contribution in [3.05, 3.63) is 41.1 Å². The number of nitrogens with zero attached hydrogens (tertiary/aromatic N) is 3. The quantitative estimate of drug-likeness (QED) is 0.527. The standard InChI is InChI=1S/C24H30FN3O5/c1-4-31-22(29)20-16(2)26-23(33-15-24-10-5-11-28(24)13-18(25)12-24)27-21(20)32-14-17-6-8-19(30-3)9-7-17/h6-9,18H,4-5,10-15H2,1-3H3/t18-,24?/m1/s1. The van der Waals surface area contributed by atoms with E-state index in [1.54, 1.807) is 21.0 Å². The van der Waals surface area contributed by atoms with Crippen LogP contribution in [0, 0.1) is 6.92 Å². The number of aryl methyl sites for hydroxylation is 1. The van der Waals surface area contributed by atoms with Gasteiger partial charge in [0.05, 0.1) is 24.9 Å². The highest BCUT2D eigenvalue weighted by molar-refractivity contribution is 5.93. The first-order chi connectivity index (χ1) is 15.9. The van der Waals surface area contributed by atoms with Gasteiger partial charge in [0.2, 0.25) is 5.88 Å². The molecule has 1 unspecified atom stereocenters. The maximum Gasteiger partial charge on any atom is 0.345 e. The second kappa shape index (κ2) is 9.91. The van der Waals surface area contributed by atoms with Crippen molar-refractivity contribution in [1.82, 2.24) is 14.9 Å². The Morgan fingerprint density at radius 2 is 2.03 bits per heavy atom. The maximum atomic E-state index is 14.1. The van der Waals surface area contributed by atoms with Gasteiger partial charge < -0.3 is 18.9 Å². The minimum absolute atomic E-state index is 0.0994. The van der Waals surface area contributed by atoms with Crippen molar-refractivity contribution < 1.29 is 28.1 Å². The van der Waals surface area contributed by atoms with E-state index in [-0.39, 0.29) is 36.2 Å². The number of methoxy groups -OCH3 is 1. The van der Waals surface area contributed by atoms with Crippen molar-refractivity contribution in [3.8, 4) is 17.6 Å². The number of fused-ring (bicyclic) bond motifs is 1. The number of rotatable bonds is 9. The van der Waals surface area contributed by atoms with E-state index in [1.807, 2.05) is 24.3 Å². The number of benzene rings is 1. The minimum atomic E-state index is -0.842. The molecular weight excluding hydrogens is 429 g/mol. The van der Waals surface area contributed by atoms with Gasteiger partial charge >= 0.3 is 12.0 Å². The Balaban J connectivity index is 1.54. The SMILES string of the molecule is CCOC(=O)c1c(C)nc(OCC23CCCN2C[C@H](F)C3)nc1OCc1ccc(OC)cc1. The fourth-order valence-electron chi connectivity index (χ4n) is 4.65. The van der Waals surface area contributed by atoms with E-state index in [0.29, 0.717) is 25.3 Å². The smallest absolute Gasteiger partial charge is 0.345 e. The van der Waals surface area contributed by atoms with E-state index >= 15 is 0 Å². The number of alkyl halides is 1. The number of esters is 1. The lowest BCUT2D eigenvalue weighted by molar-refractivity contribution is 0.0517. The number of aromatic nitrogens is 2. The molecule has 178 valence electrons. The van der Waals surface area contributed by atoms with Crippen LogP contribution >= 0.6 is 0 Å². The fraction of sp³-hybridized carbons (Fsp3) is 0.542. The Kier molecular flexibility index (Phi) is 6.97. The molecule has 0 amide bonds. The zero-order chi connectivity index (χ0) is 23.4. The topological polar surface area (TPSA) is 83.0 Å². The first kappa shape index (κ1) is 23.2. The van der Waals surface area contributed by atoms with Gasteiger partial charge in [-0.3, -0.25) is 4.90 Å².